The minimum Gasteiger partial charge on any atom is -0.458 e. The van der Waals surface area contributed by atoms with Crippen molar-refractivity contribution in [1.29, 1.82) is 0 Å². The Hall–Kier alpha value is -1.06. The topological polar surface area (TPSA) is 52.6 Å². The van der Waals surface area contributed by atoms with Crippen molar-refractivity contribution in [3.8, 4) is 0 Å². The van der Waals surface area contributed by atoms with Crippen molar-refractivity contribution >= 4 is 11.9 Å². The molecule has 0 aromatic carbocycles. The van der Waals surface area contributed by atoms with Crippen molar-refractivity contribution in [2.24, 2.45) is 17.3 Å². The van der Waals surface area contributed by atoms with Gasteiger partial charge >= 0.3 is 11.9 Å². The van der Waals surface area contributed by atoms with Gasteiger partial charge in [-0.25, -0.2) is 0 Å². The summed E-state index contributed by atoms with van der Waals surface area (Å²) in [5.41, 5.74) is -0.290. The van der Waals surface area contributed by atoms with Crippen LogP contribution >= 0.6 is 0 Å². The van der Waals surface area contributed by atoms with Crippen molar-refractivity contribution in [2.45, 2.75) is 67.6 Å². The van der Waals surface area contributed by atoms with E-state index in [0.29, 0.717) is 0 Å². The summed E-state index contributed by atoms with van der Waals surface area (Å²) in [6, 6.07) is 0. The second kappa shape index (κ2) is 6.92. The second-order valence-electron chi connectivity index (χ2n) is 6.67. The summed E-state index contributed by atoms with van der Waals surface area (Å²) < 4.78 is 10.9. The summed E-state index contributed by atoms with van der Waals surface area (Å²) in [6.45, 7) is 14.8. The summed E-state index contributed by atoms with van der Waals surface area (Å²) in [5, 5.41) is 0. The molecule has 0 amide bonds. The zero-order chi connectivity index (χ0) is 15.4. The molecule has 0 aliphatic rings. The van der Waals surface area contributed by atoms with Gasteiger partial charge in [-0.3, -0.25) is 9.59 Å². The Morgan fingerprint density at radius 3 is 1.47 bits per heavy atom. The maximum atomic E-state index is 11.8. The summed E-state index contributed by atoms with van der Waals surface area (Å²) >= 11 is 0. The van der Waals surface area contributed by atoms with E-state index in [2.05, 4.69) is 0 Å². The van der Waals surface area contributed by atoms with Gasteiger partial charge in [0.1, 0.15) is 12.2 Å². The lowest BCUT2D eigenvalue weighted by Gasteiger charge is -2.35. The van der Waals surface area contributed by atoms with Crippen LogP contribution in [0.1, 0.15) is 55.4 Å². The number of carbonyl (C=O) groups is 2. The van der Waals surface area contributed by atoms with Crippen molar-refractivity contribution in [2.75, 3.05) is 0 Å². The molecular weight excluding hydrogens is 244 g/mol. The highest BCUT2D eigenvalue weighted by Gasteiger charge is 2.36. The Morgan fingerprint density at radius 1 is 0.789 bits per heavy atom. The van der Waals surface area contributed by atoms with E-state index >= 15 is 0 Å². The van der Waals surface area contributed by atoms with Crippen LogP contribution in [-0.2, 0) is 19.1 Å². The van der Waals surface area contributed by atoms with Crippen molar-refractivity contribution in [1.82, 2.24) is 0 Å². The Bertz CT molecular complexity index is 313. The van der Waals surface area contributed by atoms with Crippen molar-refractivity contribution in [3.05, 3.63) is 0 Å². The Balaban J connectivity index is 4.86. The van der Waals surface area contributed by atoms with Crippen LogP contribution in [0.15, 0.2) is 0 Å². The molecule has 19 heavy (non-hydrogen) atoms. The smallest absolute Gasteiger partial charge is 0.308 e. The van der Waals surface area contributed by atoms with Gasteiger partial charge in [0.05, 0.1) is 11.8 Å². The quantitative estimate of drug-likeness (QED) is 0.721. The predicted octanol–water partition coefficient (Wildman–Crippen LogP) is 3.19. The van der Waals surface area contributed by atoms with Crippen LogP contribution in [0.3, 0.4) is 0 Å². The summed E-state index contributed by atoms with van der Waals surface area (Å²) in [4.78, 5) is 23.4. The molecule has 0 saturated carbocycles. The Morgan fingerprint density at radius 2 is 1.16 bits per heavy atom. The molecule has 0 spiro atoms. The third-order valence-electron chi connectivity index (χ3n) is 2.77. The van der Waals surface area contributed by atoms with Gasteiger partial charge in [0, 0.05) is 5.41 Å². The molecule has 0 N–H and O–H groups in total. The van der Waals surface area contributed by atoms with Crippen LogP contribution in [0.2, 0.25) is 0 Å². The van der Waals surface area contributed by atoms with Gasteiger partial charge in [0.2, 0.25) is 0 Å². The fraction of sp³-hybridized carbons (Fsp3) is 0.867. The molecule has 0 heterocycles. The van der Waals surface area contributed by atoms with Crippen LogP contribution < -0.4 is 0 Å². The molecular formula is C15H28O4. The summed E-state index contributed by atoms with van der Waals surface area (Å²) in [7, 11) is 0. The van der Waals surface area contributed by atoms with Gasteiger partial charge in [-0.2, -0.15) is 0 Å². The zero-order valence-electron chi connectivity index (χ0n) is 13.4. The normalized spacial score (nSPS) is 15.3. The Labute approximate surface area is 116 Å². The maximum absolute atomic E-state index is 11.8. The predicted molar refractivity (Wildman–Crippen MR) is 74.6 cm³/mol. The van der Waals surface area contributed by atoms with Gasteiger partial charge in [-0.1, -0.05) is 48.5 Å². The first-order valence-corrected chi connectivity index (χ1v) is 6.87. The third kappa shape index (κ3) is 6.08. The molecule has 0 aliphatic heterocycles. The van der Waals surface area contributed by atoms with Gasteiger partial charge < -0.3 is 9.47 Å². The molecule has 0 radical (unpaired) electrons. The highest BCUT2D eigenvalue weighted by molar-refractivity contribution is 5.72. The standard InChI is InChI=1S/C15H28O4/c1-9(2)13(16)18-11(5)12(15(6,7)8)19-14(17)10(3)4/h9-12H,1-8H3. The van der Waals surface area contributed by atoms with Crippen LogP contribution in [-0.4, -0.2) is 24.1 Å². The number of rotatable bonds is 5. The lowest BCUT2D eigenvalue weighted by molar-refractivity contribution is -0.179. The summed E-state index contributed by atoms with van der Waals surface area (Å²) in [5.74, 6) is -0.934. The maximum Gasteiger partial charge on any atom is 0.308 e. The van der Waals surface area contributed by atoms with Gasteiger partial charge in [0.25, 0.3) is 0 Å². The number of hydrogen-bond acceptors (Lipinski definition) is 4. The fourth-order valence-electron chi connectivity index (χ4n) is 1.62. The number of esters is 2. The van der Waals surface area contributed by atoms with Crippen molar-refractivity contribution < 1.29 is 19.1 Å². The zero-order valence-corrected chi connectivity index (χ0v) is 13.4. The third-order valence-corrected chi connectivity index (χ3v) is 2.77. The first-order valence-electron chi connectivity index (χ1n) is 6.87. The van der Waals surface area contributed by atoms with E-state index in [1.54, 1.807) is 34.6 Å². The van der Waals surface area contributed by atoms with Crippen LogP contribution in [0.4, 0.5) is 0 Å². The van der Waals surface area contributed by atoms with Crippen LogP contribution in [0.25, 0.3) is 0 Å². The molecule has 4 heteroatoms. The first kappa shape index (κ1) is 17.9. The minimum atomic E-state index is -0.461. The average molecular weight is 272 g/mol. The fourth-order valence-corrected chi connectivity index (χ4v) is 1.62. The SMILES string of the molecule is CC(C)C(=O)OC(C)C(OC(=O)C(C)C)C(C)(C)C. The van der Waals surface area contributed by atoms with E-state index in [9.17, 15) is 9.59 Å². The largest absolute Gasteiger partial charge is 0.458 e. The highest BCUT2D eigenvalue weighted by atomic mass is 16.6. The van der Waals surface area contributed by atoms with E-state index in [-0.39, 0.29) is 29.2 Å². The molecule has 0 fully saturated rings. The van der Waals surface area contributed by atoms with Crippen molar-refractivity contribution in [3.63, 3.8) is 0 Å². The lowest BCUT2D eigenvalue weighted by Crippen LogP contribution is -2.43. The molecule has 2 atom stereocenters. The van der Waals surface area contributed by atoms with Crippen LogP contribution in [0, 0.1) is 17.3 Å². The molecule has 0 aromatic rings. The highest BCUT2D eigenvalue weighted by Crippen LogP contribution is 2.27. The van der Waals surface area contributed by atoms with E-state index in [1.165, 1.54) is 0 Å². The average Bonchev–Trinajstić information content (AvgIpc) is 2.22. The number of hydrogen-bond donors (Lipinski definition) is 0. The lowest BCUT2D eigenvalue weighted by atomic mass is 9.86. The van der Waals surface area contributed by atoms with E-state index in [0.717, 1.165) is 0 Å². The molecule has 0 aromatic heterocycles. The molecule has 2 unspecified atom stereocenters. The van der Waals surface area contributed by atoms with Gasteiger partial charge in [-0.05, 0) is 6.92 Å². The molecule has 0 aliphatic carbocycles. The Kier molecular flexibility index (Phi) is 6.53. The molecule has 0 rings (SSSR count). The van der Waals surface area contributed by atoms with E-state index < -0.39 is 12.2 Å². The minimum absolute atomic E-state index is 0.191. The van der Waals surface area contributed by atoms with Gasteiger partial charge in [-0.15, -0.1) is 0 Å². The molecule has 112 valence electrons. The van der Waals surface area contributed by atoms with Gasteiger partial charge in [0.15, 0.2) is 0 Å². The molecule has 0 bridgehead atoms. The molecule has 0 saturated heterocycles. The van der Waals surface area contributed by atoms with E-state index in [4.69, 9.17) is 9.47 Å². The first-order chi connectivity index (χ1) is 8.46. The summed E-state index contributed by atoms with van der Waals surface area (Å²) in [6.07, 6.45) is -0.914. The van der Waals surface area contributed by atoms with Crippen LogP contribution in [0.5, 0.6) is 0 Å². The second-order valence-corrected chi connectivity index (χ2v) is 6.67. The number of carbonyl (C=O) groups excluding carboxylic acids is 2. The molecule has 4 nitrogen and oxygen atoms in total. The number of ether oxygens (including phenoxy) is 2. The van der Waals surface area contributed by atoms with E-state index in [1.807, 2.05) is 20.8 Å². The monoisotopic (exact) mass is 272 g/mol.